The molecule has 0 bridgehead atoms. The molecule has 2 heterocycles. The number of H-pyrrole nitrogens is 1. The van der Waals surface area contributed by atoms with Gasteiger partial charge in [-0.25, -0.2) is 14.2 Å². The Hall–Kier alpha value is -2.87. The van der Waals surface area contributed by atoms with Crippen LogP contribution in [0.5, 0.6) is 5.75 Å². The van der Waals surface area contributed by atoms with Gasteiger partial charge < -0.3 is 10.4 Å². The smallest absolute Gasteiger partial charge is 0.380 e. The maximum Gasteiger partial charge on any atom is 0.380 e. The summed E-state index contributed by atoms with van der Waals surface area (Å²) >= 11 is 0. The highest BCUT2D eigenvalue weighted by molar-refractivity contribution is 7.86. The molecule has 13 heteroatoms. The van der Waals surface area contributed by atoms with E-state index < -0.39 is 39.3 Å². The molecule has 0 radical (unpaired) electrons. The Kier molecular flexibility index (Phi) is 7.17. The van der Waals surface area contributed by atoms with E-state index in [1.807, 2.05) is 4.90 Å². The zero-order valence-electron chi connectivity index (χ0n) is 18.9. The number of likely N-dealkylation sites (N-methyl/N-ethyl adjacent to an activating group) is 1. The third kappa shape index (κ3) is 5.05. The normalized spacial score (nSPS) is 17.9. The lowest BCUT2D eigenvalue weighted by Crippen LogP contribution is -2.54. The molecule has 11 nitrogen and oxygen atoms in total. The van der Waals surface area contributed by atoms with Gasteiger partial charge >= 0.3 is 5.56 Å². The van der Waals surface area contributed by atoms with Gasteiger partial charge in [-0.2, -0.15) is 21.6 Å². The van der Waals surface area contributed by atoms with Crippen LogP contribution in [0.15, 0.2) is 29.1 Å². The van der Waals surface area contributed by atoms with E-state index in [0.29, 0.717) is 12.1 Å². The fourth-order valence-electron chi connectivity index (χ4n) is 3.57. The molecule has 1 fully saturated rings. The highest BCUT2D eigenvalue weighted by atomic mass is 32.2. The maximum atomic E-state index is 13.1. The molecule has 2 aromatic rings. The summed E-state index contributed by atoms with van der Waals surface area (Å²) in [5, 5.41) is 12.9. The van der Waals surface area contributed by atoms with Crippen molar-refractivity contribution in [1.82, 2.24) is 23.4 Å². The number of hydrogen-bond donors (Lipinski definition) is 2. The number of piperazine rings is 1. The molecule has 1 aliphatic rings. The predicted molar refractivity (Wildman–Crippen MR) is 117 cm³/mol. The van der Waals surface area contributed by atoms with Crippen molar-refractivity contribution >= 4 is 16.1 Å². The Balaban J connectivity index is 1.92. The number of aromatic amines is 1. The number of aromatic hydroxyl groups is 1. The summed E-state index contributed by atoms with van der Waals surface area (Å²) in [7, 11) is 2.41. The zero-order valence-corrected chi connectivity index (χ0v) is 19.7. The summed E-state index contributed by atoms with van der Waals surface area (Å²) in [6.45, 7) is 0.759. The number of carbonyl (C=O) groups excluding carboxylic acids is 1. The second-order valence-electron chi connectivity index (χ2n) is 8.05. The van der Waals surface area contributed by atoms with E-state index in [-0.39, 0.29) is 31.2 Å². The standard InChI is InChI=1S/C20H27FN6O5S/c1-24(2)33(31,32)27-10-9-25(3)15(12-27)18-23-16(17(28)20(30)26(18)4)19(29)22-11-13-5-7-14(21)8-6-13/h5-8,15,28H,9-12H2,1-4H3,(H,22,29)/p+1. The minimum absolute atomic E-state index is 0.0439. The van der Waals surface area contributed by atoms with Crippen LogP contribution in [-0.2, 0) is 23.8 Å². The first-order valence-corrected chi connectivity index (χ1v) is 11.6. The monoisotopic (exact) mass is 483 g/mol. The van der Waals surface area contributed by atoms with Crippen LogP contribution in [0, 0.1) is 5.82 Å². The topological polar surface area (TPSA) is 129 Å². The van der Waals surface area contributed by atoms with Gasteiger partial charge in [-0.3, -0.25) is 9.69 Å². The molecule has 3 N–H and O–H groups in total. The summed E-state index contributed by atoms with van der Waals surface area (Å²) in [5.41, 5.74) is -0.502. The first-order valence-electron chi connectivity index (χ1n) is 10.2. The highest BCUT2D eigenvalue weighted by Gasteiger charge is 2.39. The molecule has 1 saturated heterocycles. The molecular formula is C20H28FN6O5S+. The van der Waals surface area contributed by atoms with Gasteiger partial charge in [-0.1, -0.05) is 12.1 Å². The Labute approximate surface area is 191 Å². The van der Waals surface area contributed by atoms with Crippen LogP contribution in [0.3, 0.4) is 0 Å². The van der Waals surface area contributed by atoms with Crippen molar-refractivity contribution in [2.24, 2.45) is 7.05 Å². The molecule has 33 heavy (non-hydrogen) atoms. The van der Waals surface area contributed by atoms with Gasteiger partial charge in [0.05, 0.1) is 7.05 Å². The van der Waals surface area contributed by atoms with Crippen molar-refractivity contribution in [1.29, 1.82) is 0 Å². The number of hydrogen-bond acceptors (Lipinski definition) is 6. The van der Waals surface area contributed by atoms with Gasteiger partial charge in [0.15, 0.2) is 0 Å². The van der Waals surface area contributed by atoms with Crippen LogP contribution in [0.25, 0.3) is 0 Å². The zero-order chi connectivity index (χ0) is 24.5. The SMILES string of the molecule is CN1CCN(S(=O)(=O)N(C)C)CC1c1[nH+]c(C(=O)NCc2ccc(F)cc2)c(O)c(=O)n1C. The van der Waals surface area contributed by atoms with Crippen molar-refractivity contribution in [3.63, 3.8) is 0 Å². The van der Waals surface area contributed by atoms with Crippen LogP contribution in [0.2, 0.25) is 0 Å². The molecule has 1 aromatic heterocycles. The largest absolute Gasteiger partial charge is 0.498 e. The second kappa shape index (κ2) is 9.55. The molecule has 1 unspecified atom stereocenters. The average molecular weight is 484 g/mol. The minimum atomic E-state index is -3.68. The Bertz CT molecular complexity index is 1200. The molecule has 0 spiro atoms. The summed E-state index contributed by atoms with van der Waals surface area (Å²) < 4.78 is 41.9. The Morgan fingerprint density at radius 2 is 1.88 bits per heavy atom. The quantitative estimate of drug-likeness (QED) is 0.546. The van der Waals surface area contributed by atoms with Crippen LogP contribution in [0.4, 0.5) is 4.39 Å². The summed E-state index contributed by atoms with van der Waals surface area (Å²) in [6, 6.07) is 4.95. The van der Waals surface area contributed by atoms with E-state index in [4.69, 9.17) is 0 Å². The summed E-state index contributed by atoms with van der Waals surface area (Å²) in [5.74, 6) is -1.62. The van der Waals surface area contributed by atoms with E-state index in [1.165, 1.54) is 54.3 Å². The number of nitrogens with zero attached hydrogens (tertiary/aromatic N) is 4. The lowest BCUT2D eigenvalue weighted by molar-refractivity contribution is -0.410. The van der Waals surface area contributed by atoms with Gasteiger partial charge in [0.25, 0.3) is 27.7 Å². The van der Waals surface area contributed by atoms with Crippen molar-refractivity contribution in [2.75, 3.05) is 40.8 Å². The molecule has 3 rings (SSSR count). The number of halogens is 1. The lowest BCUT2D eigenvalue weighted by atomic mass is 10.1. The summed E-state index contributed by atoms with van der Waals surface area (Å²) in [4.78, 5) is 30.1. The number of rotatable bonds is 6. The van der Waals surface area contributed by atoms with Gasteiger partial charge in [0, 0.05) is 40.3 Å². The molecule has 1 atom stereocenters. The van der Waals surface area contributed by atoms with E-state index >= 15 is 0 Å². The van der Waals surface area contributed by atoms with Crippen molar-refractivity contribution in [2.45, 2.75) is 12.6 Å². The van der Waals surface area contributed by atoms with Crippen LogP contribution < -0.4 is 15.9 Å². The number of aromatic nitrogens is 2. The van der Waals surface area contributed by atoms with Crippen LogP contribution >= 0.6 is 0 Å². The fourth-order valence-corrected chi connectivity index (χ4v) is 4.68. The van der Waals surface area contributed by atoms with Gasteiger partial charge in [-0.05, 0) is 24.7 Å². The molecule has 1 aromatic carbocycles. The highest BCUT2D eigenvalue weighted by Crippen LogP contribution is 2.23. The Morgan fingerprint density at radius 1 is 1.24 bits per heavy atom. The molecule has 1 aliphatic heterocycles. The molecule has 1 amide bonds. The van der Waals surface area contributed by atoms with E-state index in [2.05, 4.69) is 10.3 Å². The van der Waals surface area contributed by atoms with Gasteiger partial charge in [0.1, 0.15) is 11.9 Å². The van der Waals surface area contributed by atoms with Gasteiger partial charge in [-0.15, -0.1) is 0 Å². The molecule has 180 valence electrons. The van der Waals surface area contributed by atoms with E-state index in [0.717, 1.165) is 4.31 Å². The van der Waals surface area contributed by atoms with Crippen LogP contribution in [-0.4, -0.2) is 78.3 Å². The molecule has 0 aliphatic carbocycles. The third-order valence-electron chi connectivity index (χ3n) is 5.67. The first-order chi connectivity index (χ1) is 15.4. The third-order valence-corrected chi connectivity index (χ3v) is 7.57. The van der Waals surface area contributed by atoms with Crippen molar-refractivity contribution in [3.8, 4) is 5.75 Å². The molecule has 0 saturated carbocycles. The van der Waals surface area contributed by atoms with E-state index in [1.54, 1.807) is 7.05 Å². The molecular weight excluding hydrogens is 455 g/mol. The number of amides is 1. The van der Waals surface area contributed by atoms with Gasteiger partial charge in [0.2, 0.25) is 5.69 Å². The van der Waals surface area contributed by atoms with Crippen LogP contribution in [0.1, 0.15) is 27.9 Å². The second-order valence-corrected chi connectivity index (χ2v) is 10.2. The Morgan fingerprint density at radius 3 is 2.48 bits per heavy atom. The average Bonchev–Trinajstić information content (AvgIpc) is 2.77. The first kappa shape index (κ1) is 24.8. The van der Waals surface area contributed by atoms with E-state index in [9.17, 15) is 27.5 Å². The number of benzene rings is 1. The lowest BCUT2D eigenvalue weighted by Gasteiger charge is -2.37. The predicted octanol–water partition coefficient (Wildman–Crippen LogP) is -0.931. The van der Waals surface area contributed by atoms with Crippen molar-refractivity contribution < 1.29 is 27.7 Å². The maximum absolute atomic E-state index is 13.1. The minimum Gasteiger partial charge on any atom is -0.498 e. The number of nitrogens with one attached hydrogen (secondary N) is 2. The van der Waals surface area contributed by atoms with Crippen molar-refractivity contribution in [3.05, 3.63) is 57.5 Å². The summed E-state index contributed by atoms with van der Waals surface area (Å²) in [6.07, 6.45) is 0. The number of carbonyl (C=O) groups is 1. The fraction of sp³-hybridized carbons (Fsp3) is 0.450.